The summed E-state index contributed by atoms with van der Waals surface area (Å²) in [6.07, 6.45) is 3.72. The van der Waals surface area contributed by atoms with Crippen molar-refractivity contribution >= 4 is 0 Å². The lowest BCUT2D eigenvalue weighted by molar-refractivity contribution is -0.193. The summed E-state index contributed by atoms with van der Waals surface area (Å²) in [5.41, 5.74) is 0.668. The summed E-state index contributed by atoms with van der Waals surface area (Å²) in [6.45, 7) is 9.99. The maximum Gasteiger partial charge on any atom is 0.167 e. The average Bonchev–Trinajstić information content (AvgIpc) is 2.54. The van der Waals surface area contributed by atoms with Crippen molar-refractivity contribution in [2.24, 2.45) is 5.92 Å². The zero-order valence-corrected chi connectivity index (χ0v) is 15.2. The van der Waals surface area contributed by atoms with Crippen LogP contribution in [0.3, 0.4) is 0 Å². The topological polar surface area (TPSA) is 41.9 Å². The van der Waals surface area contributed by atoms with Crippen LogP contribution in [0.1, 0.15) is 58.6 Å². The molecule has 1 N–H and O–H groups in total. The summed E-state index contributed by atoms with van der Waals surface area (Å²) in [5, 5.41) is 10.2. The van der Waals surface area contributed by atoms with E-state index in [1.54, 1.807) is 6.07 Å². The van der Waals surface area contributed by atoms with E-state index in [-0.39, 0.29) is 23.6 Å². The highest BCUT2D eigenvalue weighted by Gasteiger charge is 2.52. The van der Waals surface area contributed by atoms with Crippen LogP contribution in [0.2, 0.25) is 0 Å². The molecule has 0 amide bonds. The monoisotopic (exact) mass is 331 g/mol. The Hall–Kier alpha value is -1.26. The van der Waals surface area contributed by atoms with E-state index >= 15 is 0 Å². The number of aromatic hydroxyl groups is 1. The molecule has 24 heavy (non-hydrogen) atoms. The average molecular weight is 331 g/mol. The summed E-state index contributed by atoms with van der Waals surface area (Å²) < 4.78 is 12.9. The summed E-state index contributed by atoms with van der Waals surface area (Å²) in [7, 11) is 0. The Kier molecular flexibility index (Phi) is 3.81. The van der Waals surface area contributed by atoms with Gasteiger partial charge in [-0.05, 0) is 59.6 Å². The van der Waals surface area contributed by atoms with Crippen LogP contribution < -0.4 is 4.74 Å². The van der Waals surface area contributed by atoms with Crippen molar-refractivity contribution in [3.8, 4) is 11.5 Å². The molecule has 1 aromatic carbocycles. The highest BCUT2D eigenvalue weighted by Crippen LogP contribution is 2.54. The first-order valence-corrected chi connectivity index (χ1v) is 9.30. The first-order chi connectivity index (χ1) is 11.4. The number of phenolic OH excluding ortho intramolecular Hbond substituents is 1. The first kappa shape index (κ1) is 16.2. The lowest BCUT2D eigenvalue weighted by Gasteiger charge is -2.55. The second-order valence-corrected chi connectivity index (χ2v) is 8.38. The number of piperidine rings is 1. The molecule has 4 atom stereocenters. The lowest BCUT2D eigenvalue weighted by atomic mass is 9.72. The summed E-state index contributed by atoms with van der Waals surface area (Å²) >= 11 is 0. The van der Waals surface area contributed by atoms with Gasteiger partial charge >= 0.3 is 0 Å². The highest BCUT2D eigenvalue weighted by atomic mass is 16.5. The van der Waals surface area contributed by atoms with Crippen LogP contribution >= 0.6 is 0 Å². The minimum atomic E-state index is -0.346. The van der Waals surface area contributed by atoms with Gasteiger partial charge in [0.2, 0.25) is 0 Å². The fourth-order valence-corrected chi connectivity index (χ4v) is 4.96. The van der Waals surface area contributed by atoms with Crippen molar-refractivity contribution in [2.75, 3.05) is 6.54 Å². The van der Waals surface area contributed by atoms with Gasteiger partial charge in [0.1, 0.15) is 5.60 Å². The summed E-state index contributed by atoms with van der Waals surface area (Å²) in [5.74, 6) is 1.13. The van der Waals surface area contributed by atoms with Gasteiger partial charge in [-0.2, -0.15) is 0 Å². The molecule has 2 fully saturated rings. The number of hydrogen-bond donors (Lipinski definition) is 1. The number of nitrogens with zero attached hydrogens (tertiary/aromatic N) is 1. The number of fused-ring (bicyclic) bond motifs is 4. The number of rotatable bonds is 1. The SMILES string of the molecule is CC(C)N1CCC[C@H]2O[C@H]3c4cccc(O)c4OC(C)(C)[C@@H]3C[C@H]21. The molecule has 0 spiro atoms. The van der Waals surface area contributed by atoms with E-state index in [0.29, 0.717) is 23.8 Å². The Balaban J connectivity index is 1.72. The van der Waals surface area contributed by atoms with Gasteiger partial charge in [0.05, 0.1) is 12.2 Å². The van der Waals surface area contributed by atoms with Crippen LogP contribution in [0.4, 0.5) is 0 Å². The number of ether oxygens (including phenoxy) is 2. The Morgan fingerprint density at radius 3 is 2.83 bits per heavy atom. The Bertz CT molecular complexity index is 627. The molecule has 2 saturated heterocycles. The maximum atomic E-state index is 10.2. The molecule has 0 radical (unpaired) electrons. The number of likely N-dealkylation sites (tertiary alicyclic amines) is 1. The Morgan fingerprint density at radius 1 is 1.29 bits per heavy atom. The molecule has 0 aliphatic carbocycles. The van der Waals surface area contributed by atoms with Crippen molar-refractivity contribution in [2.45, 2.75) is 76.9 Å². The number of phenols is 1. The molecule has 0 unspecified atom stereocenters. The number of benzene rings is 1. The molecule has 3 heterocycles. The Labute approximate surface area is 144 Å². The standard InChI is InChI=1S/C20H29NO3/c1-12(2)21-10-6-9-17-15(21)11-14-18(23-17)13-7-5-8-16(22)19(13)24-20(14,3)4/h5,7-8,12,14-15,17-18,22H,6,9-11H2,1-4H3/t14-,15-,17-,18+/m1/s1. The van der Waals surface area contributed by atoms with E-state index in [0.717, 1.165) is 24.9 Å². The third-order valence-electron chi connectivity index (χ3n) is 6.19. The molecular weight excluding hydrogens is 302 g/mol. The zero-order chi connectivity index (χ0) is 17.1. The molecule has 0 saturated carbocycles. The van der Waals surface area contributed by atoms with Gasteiger partial charge in [0.25, 0.3) is 0 Å². The smallest absolute Gasteiger partial charge is 0.167 e. The van der Waals surface area contributed by atoms with E-state index in [9.17, 15) is 5.11 Å². The molecule has 4 rings (SSSR count). The van der Waals surface area contributed by atoms with Gasteiger partial charge in [-0.15, -0.1) is 0 Å². The van der Waals surface area contributed by atoms with Crippen LogP contribution in [-0.4, -0.2) is 40.3 Å². The van der Waals surface area contributed by atoms with Crippen LogP contribution in [-0.2, 0) is 4.74 Å². The molecule has 4 nitrogen and oxygen atoms in total. The highest BCUT2D eigenvalue weighted by molar-refractivity contribution is 5.49. The summed E-state index contributed by atoms with van der Waals surface area (Å²) in [6, 6.07) is 6.65. The molecule has 0 aromatic heterocycles. The molecular formula is C20H29NO3. The van der Waals surface area contributed by atoms with Gasteiger partial charge in [-0.3, -0.25) is 4.90 Å². The van der Waals surface area contributed by atoms with Crippen LogP contribution in [0.25, 0.3) is 0 Å². The minimum absolute atomic E-state index is 0.0178. The summed E-state index contributed by atoms with van der Waals surface area (Å²) in [4.78, 5) is 2.61. The maximum absolute atomic E-state index is 10.2. The molecule has 4 heteroatoms. The first-order valence-electron chi connectivity index (χ1n) is 9.30. The number of para-hydroxylation sites is 1. The Morgan fingerprint density at radius 2 is 2.08 bits per heavy atom. The predicted molar refractivity (Wildman–Crippen MR) is 93.4 cm³/mol. The van der Waals surface area contributed by atoms with Crippen molar-refractivity contribution in [1.29, 1.82) is 0 Å². The third kappa shape index (κ3) is 2.42. The fourth-order valence-electron chi connectivity index (χ4n) is 4.96. The number of hydrogen-bond acceptors (Lipinski definition) is 4. The fraction of sp³-hybridized carbons (Fsp3) is 0.700. The second kappa shape index (κ2) is 5.63. The van der Waals surface area contributed by atoms with Crippen LogP contribution in [0, 0.1) is 5.92 Å². The van der Waals surface area contributed by atoms with E-state index < -0.39 is 0 Å². The molecule has 1 aromatic rings. The lowest BCUT2D eigenvalue weighted by Crippen LogP contribution is -2.60. The molecule has 3 aliphatic heterocycles. The quantitative estimate of drug-likeness (QED) is 0.848. The van der Waals surface area contributed by atoms with Crippen LogP contribution in [0.5, 0.6) is 11.5 Å². The predicted octanol–water partition coefficient (Wildman–Crippen LogP) is 3.88. The third-order valence-corrected chi connectivity index (χ3v) is 6.19. The van der Waals surface area contributed by atoms with E-state index in [4.69, 9.17) is 9.47 Å². The zero-order valence-electron chi connectivity index (χ0n) is 15.2. The molecule has 3 aliphatic rings. The van der Waals surface area contributed by atoms with Crippen molar-refractivity contribution in [1.82, 2.24) is 4.90 Å². The van der Waals surface area contributed by atoms with E-state index in [2.05, 4.69) is 32.6 Å². The van der Waals surface area contributed by atoms with Crippen molar-refractivity contribution in [3.63, 3.8) is 0 Å². The van der Waals surface area contributed by atoms with Gasteiger partial charge in [-0.25, -0.2) is 0 Å². The van der Waals surface area contributed by atoms with Crippen molar-refractivity contribution in [3.05, 3.63) is 23.8 Å². The van der Waals surface area contributed by atoms with Gasteiger partial charge < -0.3 is 14.6 Å². The van der Waals surface area contributed by atoms with Crippen LogP contribution in [0.15, 0.2) is 18.2 Å². The molecule has 0 bridgehead atoms. The second-order valence-electron chi connectivity index (χ2n) is 8.38. The van der Waals surface area contributed by atoms with Gasteiger partial charge in [0.15, 0.2) is 11.5 Å². The van der Waals surface area contributed by atoms with Gasteiger partial charge in [0, 0.05) is 23.6 Å². The van der Waals surface area contributed by atoms with E-state index in [1.165, 1.54) is 6.42 Å². The molecule has 132 valence electrons. The van der Waals surface area contributed by atoms with E-state index in [1.807, 2.05) is 12.1 Å². The van der Waals surface area contributed by atoms with Gasteiger partial charge in [-0.1, -0.05) is 12.1 Å². The van der Waals surface area contributed by atoms with Crippen molar-refractivity contribution < 1.29 is 14.6 Å². The largest absolute Gasteiger partial charge is 0.504 e. The normalized spacial score (nSPS) is 34.9. The minimum Gasteiger partial charge on any atom is -0.504 e.